The van der Waals surface area contributed by atoms with Gasteiger partial charge in [-0.25, -0.2) is 0 Å². The van der Waals surface area contributed by atoms with Gasteiger partial charge >= 0.3 is 0 Å². The third-order valence-electron chi connectivity index (χ3n) is 5.44. The van der Waals surface area contributed by atoms with Crippen molar-refractivity contribution in [1.82, 2.24) is 0 Å². The van der Waals surface area contributed by atoms with E-state index < -0.39 is 0 Å². The normalized spacial score (nSPS) is 17.7. The van der Waals surface area contributed by atoms with E-state index in [2.05, 4.69) is 13.8 Å². The molecule has 1 aliphatic carbocycles. The molecule has 1 fully saturated rings. The fourth-order valence-electron chi connectivity index (χ4n) is 3.82. The molecule has 0 heterocycles. The molecule has 0 atom stereocenters. The van der Waals surface area contributed by atoms with Crippen LogP contribution in [0.5, 0.6) is 0 Å². The maximum Gasteiger partial charge on any atom is 0.0466 e. The maximum absolute atomic E-state index is 5.83. The van der Waals surface area contributed by atoms with Crippen LogP contribution in [0.15, 0.2) is 0 Å². The summed E-state index contributed by atoms with van der Waals surface area (Å²) < 4.78 is 11.2. The van der Waals surface area contributed by atoms with E-state index in [0.717, 1.165) is 26.4 Å². The molecule has 0 radical (unpaired) electrons. The van der Waals surface area contributed by atoms with Gasteiger partial charge in [0.25, 0.3) is 0 Å². The molecule has 0 saturated heterocycles. The van der Waals surface area contributed by atoms with Gasteiger partial charge in [0.2, 0.25) is 0 Å². The number of hydrogen-bond donors (Lipinski definition) is 0. The van der Waals surface area contributed by atoms with E-state index in [4.69, 9.17) is 9.47 Å². The second-order valence-electron chi connectivity index (χ2n) is 7.09. The molecule has 0 unspecified atom stereocenters. The molecule has 1 saturated carbocycles. The molecule has 22 heavy (non-hydrogen) atoms. The van der Waals surface area contributed by atoms with Crippen molar-refractivity contribution >= 4 is 0 Å². The van der Waals surface area contributed by atoms with E-state index in [0.29, 0.717) is 5.41 Å². The second-order valence-corrected chi connectivity index (χ2v) is 7.09. The van der Waals surface area contributed by atoms with Crippen molar-refractivity contribution in [1.29, 1.82) is 0 Å². The lowest BCUT2D eigenvalue weighted by Gasteiger charge is -2.36. The molecule has 0 bridgehead atoms. The molecule has 0 aromatic carbocycles. The van der Waals surface area contributed by atoms with E-state index in [-0.39, 0.29) is 0 Å². The Bertz CT molecular complexity index is 234. The number of unbranched alkanes of at least 4 members (excludes halogenated alkanes) is 4. The maximum atomic E-state index is 5.83. The molecular weight excluding hydrogens is 272 g/mol. The van der Waals surface area contributed by atoms with Crippen LogP contribution in [0.3, 0.4) is 0 Å². The van der Waals surface area contributed by atoms with Crippen molar-refractivity contribution in [3.63, 3.8) is 0 Å². The molecule has 0 amide bonds. The first-order chi connectivity index (χ1) is 10.8. The largest absolute Gasteiger partial charge is 0.382 e. The molecule has 1 aliphatic rings. The Morgan fingerprint density at radius 1 is 0.682 bits per heavy atom. The summed E-state index contributed by atoms with van der Waals surface area (Å²) in [6.07, 6.45) is 17.7. The van der Waals surface area contributed by atoms with Gasteiger partial charge in [-0.2, -0.15) is 0 Å². The van der Waals surface area contributed by atoms with Crippen molar-refractivity contribution in [2.24, 2.45) is 5.41 Å². The summed E-state index contributed by atoms with van der Waals surface area (Å²) in [4.78, 5) is 0. The smallest absolute Gasteiger partial charge is 0.0466 e. The topological polar surface area (TPSA) is 18.5 Å². The molecule has 0 aromatic heterocycles. The minimum atomic E-state index is 0.669. The van der Waals surface area contributed by atoms with E-state index in [1.54, 1.807) is 0 Å². The minimum Gasteiger partial charge on any atom is -0.382 e. The number of ether oxygens (including phenoxy) is 2. The van der Waals surface area contributed by atoms with Crippen LogP contribution in [0.1, 0.15) is 97.3 Å². The summed E-state index contributed by atoms with van der Waals surface area (Å²) in [5.41, 5.74) is 0.669. The zero-order valence-electron chi connectivity index (χ0n) is 15.3. The SMILES string of the molecule is CCOCCCCCCCOCCCC1(CC)CCCCC1. The third-order valence-corrected chi connectivity index (χ3v) is 5.44. The van der Waals surface area contributed by atoms with Gasteiger partial charge in [0.15, 0.2) is 0 Å². The lowest BCUT2D eigenvalue weighted by molar-refractivity contribution is 0.0979. The molecule has 0 aliphatic heterocycles. The van der Waals surface area contributed by atoms with Crippen LogP contribution in [0.2, 0.25) is 0 Å². The van der Waals surface area contributed by atoms with Gasteiger partial charge < -0.3 is 9.47 Å². The summed E-state index contributed by atoms with van der Waals surface area (Å²) in [7, 11) is 0. The van der Waals surface area contributed by atoms with Gasteiger partial charge in [-0.05, 0) is 50.9 Å². The van der Waals surface area contributed by atoms with Crippen LogP contribution in [0.4, 0.5) is 0 Å². The molecular formula is C20H40O2. The first kappa shape index (κ1) is 20.0. The predicted molar refractivity (Wildman–Crippen MR) is 95.4 cm³/mol. The zero-order chi connectivity index (χ0) is 15.9. The predicted octanol–water partition coefficient (Wildman–Crippen LogP) is 6.13. The van der Waals surface area contributed by atoms with Crippen LogP contribution < -0.4 is 0 Å². The molecule has 0 spiro atoms. The van der Waals surface area contributed by atoms with Gasteiger partial charge in [-0.3, -0.25) is 0 Å². The Kier molecular flexibility index (Phi) is 12.1. The lowest BCUT2D eigenvalue weighted by Crippen LogP contribution is -2.23. The van der Waals surface area contributed by atoms with Crippen molar-refractivity contribution in [2.45, 2.75) is 97.3 Å². The minimum absolute atomic E-state index is 0.669. The van der Waals surface area contributed by atoms with E-state index >= 15 is 0 Å². The lowest BCUT2D eigenvalue weighted by atomic mass is 9.69. The van der Waals surface area contributed by atoms with Crippen molar-refractivity contribution in [2.75, 3.05) is 26.4 Å². The standard InChI is InChI=1S/C20H40O2/c1-3-20(14-9-8-10-15-20)16-13-19-22-18-12-7-5-6-11-17-21-4-2/h3-19H2,1-2H3. The Morgan fingerprint density at radius 2 is 1.27 bits per heavy atom. The highest BCUT2D eigenvalue weighted by Gasteiger charge is 2.29. The molecule has 2 heteroatoms. The summed E-state index contributed by atoms with van der Waals surface area (Å²) >= 11 is 0. The second kappa shape index (κ2) is 13.4. The van der Waals surface area contributed by atoms with Crippen molar-refractivity contribution in [3.8, 4) is 0 Å². The summed E-state index contributed by atoms with van der Waals surface area (Å²) in [5.74, 6) is 0. The first-order valence-corrected chi connectivity index (χ1v) is 9.98. The highest BCUT2D eigenvalue weighted by Crippen LogP contribution is 2.42. The van der Waals surface area contributed by atoms with Crippen LogP contribution in [0.25, 0.3) is 0 Å². The van der Waals surface area contributed by atoms with E-state index in [1.165, 1.54) is 83.5 Å². The quantitative estimate of drug-likeness (QED) is 0.359. The molecule has 0 aromatic rings. The average molecular weight is 313 g/mol. The summed E-state index contributed by atoms with van der Waals surface area (Å²) in [6.45, 7) is 8.18. The van der Waals surface area contributed by atoms with Crippen LogP contribution >= 0.6 is 0 Å². The fraction of sp³-hybridized carbons (Fsp3) is 1.00. The monoisotopic (exact) mass is 312 g/mol. The third kappa shape index (κ3) is 9.15. The van der Waals surface area contributed by atoms with Gasteiger partial charge in [0.1, 0.15) is 0 Å². The Morgan fingerprint density at radius 3 is 1.91 bits per heavy atom. The fourth-order valence-corrected chi connectivity index (χ4v) is 3.82. The highest BCUT2D eigenvalue weighted by atomic mass is 16.5. The summed E-state index contributed by atoms with van der Waals surface area (Å²) in [5, 5.41) is 0. The molecule has 1 rings (SSSR count). The Balaban J connectivity index is 1.85. The van der Waals surface area contributed by atoms with Gasteiger partial charge in [0.05, 0.1) is 0 Å². The van der Waals surface area contributed by atoms with Gasteiger partial charge in [-0.15, -0.1) is 0 Å². The van der Waals surface area contributed by atoms with Crippen LogP contribution in [-0.4, -0.2) is 26.4 Å². The molecule has 0 N–H and O–H groups in total. The van der Waals surface area contributed by atoms with E-state index in [1.807, 2.05) is 0 Å². The highest BCUT2D eigenvalue weighted by molar-refractivity contribution is 4.81. The van der Waals surface area contributed by atoms with E-state index in [9.17, 15) is 0 Å². The molecule has 2 nitrogen and oxygen atoms in total. The zero-order valence-corrected chi connectivity index (χ0v) is 15.3. The van der Waals surface area contributed by atoms with Crippen molar-refractivity contribution in [3.05, 3.63) is 0 Å². The van der Waals surface area contributed by atoms with Gasteiger partial charge in [-0.1, -0.05) is 51.9 Å². The Hall–Kier alpha value is -0.0800. The number of hydrogen-bond acceptors (Lipinski definition) is 2. The van der Waals surface area contributed by atoms with Crippen molar-refractivity contribution < 1.29 is 9.47 Å². The Labute approximate surface area is 139 Å². The van der Waals surface area contributed by atoms with Crippen LogP contribution in [-0.2, 0) is 9.47 Å². The van der Waals surface area contributed by atoms with Crippen LogP contribution in [0, 0.1) is 5.41 Å². The summed E-state index contributed by atoms with van der Waals surface area (Å²) in [6, 6.07) is 0. The average Bonchev–Trinajstić information content (AvgIpc) is 2.57. The molecule has 132 valence electrons. The first-order valence-electron chi connectivity index (χ1n) is 9.98. The van der Waals surface area contributed by atoms with Gasteiger partial charge in [0, 0.05) is 26.4 Å². The number of rotatable bonds is 14.